The lowest BCUT2D eigenvalue weighted by atomic mass is 10.1. The number of aromatic nitrogens is 3. The summed E-state index contributed by atoms with van der Waals surface area (Å²) >= 11 is 5.78. The average Bonchev–Trinajstić information content (AvgIpc) is 2.39. The Labute approximate surface area is 102 Å². The molecule has 2 aromatic rings. The van der Waals surface area contributed by atoms with E-state index in [0.29, 0.717) is 10.7 Å². The molecule has 6 heteroatoms. The van der Waals surface area contributed by atoms with Crippen molar-refractivity contribution in [3.8, 4) is 11.3 Å². The lowest BCUT2D eigenvalue weighted by molar-refractivity contribution is 0.0592. The van der Waals surface area contributed by atoms with Crippen molar-refractivity contribution in [2.45, 2.75) is 0 Å². The number of rotatable bonds is 2. The fourth-order valence-electron chi connectivity index (χ4n) is 1.27. The maximum atomic E-state index is 11.3. The van der Waals surface area contributed by atoms with Crippen molar-refractivity contribution >= 4 is 17.6 Å². The van der Waals surface area contributed by atoms with Crippen molar-refractivity contribution in [1.82, 2.24) is 15.4 Å². The van der Waals surface area contributed by atoms with Gasteiger partial charge in [0.2, 0.25) is 0 Å². The van der Waals surface area contributed by atoms with Crippen LogP contribution in [0.2, 0.25) is 5.02 Å². The van der Waals surface area contributed by atoms with Gasteiger partial charge in [-0.15, -0.1) is 10.2 Å². The van der Waals surface area contributed by atoms with Gasteiger partial charge in [0, 0.05) is 16.7 Å². The topological polar surface area (TPSA) is 65.0 Å². The smallest absolute Gasteiger partial charge is 0.358 e. The minimum atomic E-state index is -0.546. The molecule has 0 bridgehead atoms. The zero-order valence-electron chi connectivity index (χ0n) is 8.92. The molecular weight excluding hydrogens is 242 g/mol. The van der Waals surface area contributed by atoms with E-state index in [0.717, 1.165) is 5.56 Å². The van der Waals surface area contributed by atoms with Gasteiger partial charge in [-0.25, -0.2) is 4.79 Å². The molecule has 0 aliphatic heterocycles. The normalized spacial score (nSPS) is 10.0. The van der Waals surface area contributed by atoms with Crippen LogP contribution in [0.25, 0.3) is 11.3 Å². The first-order valence-corrected chi connectivity index (χ1v) is 5.13. The van der Waals surface area contributed by atoms with Crippen LogP contribution in [0.15, 0.2) is 30.3 Å². The molecule has 0 aliphatic rings. The molecule has 0 N–H and O–H groups in total. The van der Waals surface area contributed by atoms with Crippen molar-refractivity contribution in [1.29, 1.82) is 0 Å². The Hall–Kier alpha value is -2.01. The molecule has 1 aromatic heterocycles. The van der Waals surface area contributed by atoms with E-state index in [-0.39, 0.29) is 5.69 Å². The molecule has 0 spiro atoms. The van der Waals surface area contributed by atoms with E-state index < -0.39 is 5.97 Å². The summed E-state index contributed by atoms with van der Waals surface area (Å²) in [5, 5.41) is 11.6. The largest absolute Gasteiger partial charge is 0.464 e. The van der Waals surface area contributed by atoms with Gasteiger partial charge in [0.25, 0.3) is 0 Å². The standard InChI is InChI=1S/C11H8ClN3O2/c1-17-11(16)10-6-9(13-15-14-10)7-2-4-8(12)5-3-7/h2-6H,1H3. The molecule has 0 atom stereocenters. The van der Waals surface area contributed by atoms with Crippen LogP contribution in [-0.4, -0.2) is 28.5 Å². The summed E-state index contributed by atoms with van der Waals surface area (Å²) in [5.41, 5.74) is 1.46. The third kappa shape index (κ3) is 2.57. The molecule has 1 aromatic carbocycles. The van der Waals surface area contributed by atoms with Crippen molar-refractivity contribution < 1.29 is 9.53 Å². The zero-order valence-corrected chi connectivity index (χ0v) is 9.68. The highest BCUT2D eigenvalue weighted by Gasteiger charge is 2.10. The number of hydrogen-bond acceptors (Lipinski definition) is 5. The third-order valence-electron chi connectivity index (χ3n) is 2.11. The second-order valence-electron chi connectivity index (χ2n) is 3.20. The second-order valence-corrected chi connectivity index (χ2v) is 3.64. The van der Waals surface area contributed by atoms with Crippen LogP contribution < -0.4 is 0 Å². The maximum absolute atomic E-state index is 11.3. The van der Waals surface area contributed by atoms with Gasteiger partial charge < -0.3 is 4.74 Å². The van der Waals surface area contributed by atoms with Crippen LogP contribution in [0.5, 0.6) is 0 Å². The van der Waals surface area contributed by atoms with E-state index in [1.165, 1.54) is 13.2 Å². The van der Waals surface area contributed by atoms with Crippen LogP contribution in [0.3, 0.4) is 0 Å². The Morgan fingerprint density at radius 2 is 1.94 bits per heavy atom. The summed E-state index contributed by atoms with van der Waals surface area (Å²) in [7, 11) is 1.28. The predicted molar refractivity (Wildman–Crippen MR) is 61.6 cm³/mol. The summed E-state index contributed by atoms with van der Waals surface area (Å²) < 4.78 is 4.56. The fraction of sp³-hybridized carbons (Fsp3) is 0.0909. The van der Waals surface area contributed by atoms with E-state index in [4.69, 9.17) is 11.6 Å². The van der Waals surface area contributed by atoms with Gasteiger partial charge in [0.15, 0.2) is 5.69 Å². The molecular formula is C11H8ClN3O2. The van der Waals surface area contributed by atoms with Crippen LogP contribution in [-0.2, 0) is 4.74 Å². The van der Waals surface area contributed by atoms with E-state index in [1.54, 1.807) is 24.3 Å². The van der Waals surface area contributed by atoms with Crippen LogP contribution in [0.1, 0.15) is 10.5 Å². The van der Waals surface area contributed by atoms with Gasteiger partial charge in [0.1, 0.15) is 0 Å². The molecule has 0 unspecified atom stereocenters. The Balaban J connectivity index is 2.39. The molecule has 0 saturated heterocycles. The first-order valence-electron chi connectivity index (χ1n) is 4.75. The van der Waals surface area contributed by atoms with Crippen LogP contribution in [0, 0.1) is 0 Å². The minimum Gasteiger partial charge on any atom is -0.464 e. The number of nitrogens with zero attached hydrogens (tertiary/aromatic N) is 3. The quantitative estimate of drug-likeness (QED) is 0.762. The van der Waals surface area contributed by atoms with Gasteiger partial charge in [-0.1, -0.05) is 23.7 Å². The summed E-state index contributed by atoms with van der Waals surface area (Å²) in [5.74, 6) is -0.546. The summed E-state index contributed by atoms with van der Waals surface area (Å²) in [6.45, 7) is 0. The highest BCUT2D eigenvalue weighted by atomic mass is 35.5. The van der Waals surface area contributed by atoms with Crippen molar-refractivity contribution in [3.05, 3.63) is 41.0 Å². The van der Waals surface area contributed by atoms with Gasteiger partial charge in [-0.3, -0.25) is 0 Å². The van der Waals surface area contributed by atoms with E-state index >= 15 is 0 Å². The van der Waals surface area contributed by atoms with E-state index in [9.17, 15) is 4.79 Å². The molecule has 0 fully saturated rings. The van der Waals surface area contributed by atoms with Crippen LogP contribution in [0.4, 0.5) is 0 Å². The number of carbonyl (C=O) groups is 1. The maximum Gasteiger partial charge on any atom is 0.358 e. The molecule has 0 aliphatic carbocycles. The molecule has 0 saturated carbocycles. The molecule has 1 heterocycles. The Morgan fingerprint density at radius 1 is 1.24 bits per heavy atom. The molecule has 0 amide bonds. The van der Waals surface area contributed by atoms with Crippen molar-refractivity contribution in [3.63, 3.8) is 0 Å². The SMILES string of the molecule is COC(=O)c1cc(-c2ccc(Cl)cc2)nnn1. The first-order chi connectivity index (χ1) is 8.20. The average molecular weight is 250 g/mol. The Kier molecular flexibility index (Phi) is 3.30. The predicted octanol–water partition coefficient (Wildman–Crippen LogP) is 1.98. The van der Waals surface area contributed by atoms with E-state index in [1.807, 2.05) is 0 Å². The molecule has 2 rings (SSSR count). The second kappa shape index (κ2) is 4.88. The van der Waals surface area contributed by atoms with Crippen molar-refractivity contribution in [2.75, 3.05) is 7.11 Å². The number of halogens is 1. The van der Waals surface area contributed by atoms with Crippen LogP contribution >= 0.6 is 11.6 Å². The summed E-state index contributed by atoms with van der Waals surface area (Å²) in [4.78, 5) is 11.3. The summed E-state index contributed by atoms with van der Waals surface area (Å²) in [6.07, 6.45) is 0. The van der Waals surface area contributed by atoms with Gasteiger partial charge >= 0.3 is 5.97 Å². The third-order valence-corrected chi connectivity index (χ3v) is 2.36. The molecule has 5 nitrogen and oxygen atoms in total. The minimum absolute atomic E-state index is 0.118. The van der Waals surface area contributed by atoms with E-state index in [2.05, 4.69) is 20.1 Å². The number of hydrogen-bond donors (Lipinski definition) is 0. The van der Waals surface area contributed by atoms with Gasteiger partial charge in [-0.2, -0.15) is 0 Å². The van der Waals surface area contributed by atoms with Gasteiger partial charge in [-0.05, 0) is 17.3 Å². The number of methoxy groups -OCH3 is 1. The fourth-order valence-corrected chi connectivity index (χ4v) is 1.40. The number of benzene rings is 1. The number of ether oxygens (including phenoxy) is 1. The zero-order chi connectivity index (χ0) is 12.3. The molecule has 86 valence electrons. The Bertz CT molecular complexity index is 543. The highest BCUT2D eigenvalue weighted by molar-refractivity contribution is 6.30. The highest BCUT2D eigenvalue weighted by Crippen LogP contribution is 2.19. The molecule has 17 heavy (non-hydrogen) atoms. The first kappa shape index (κ1) is 11.5. The van der Waals surface area contributed by atoms with Crippen molar-refractivity contribution in [2.24, 2.45) is 0 Å². The lowest BCUT2D eigenvalue weighted by Gasteiger charge is -2.01. The monoisotopic (exact) mass is 249 g/mol. The number of carbonyl (C=O) groups excluding carboxylic acids is 1. The Morgan fingerprint density at radius 3 is 2.59 bits per heavy atom. The lowest BCUT2D eigenvalue weighted by Crippen LogP contribution is -2.07. The van der Waals surface area contributed by atoms with Gasteiger partial charge in [0.05, 0.1) is 12.8 Å². The summed E-state index contributed by atoms with van der Waals surface area (Å²) in [6, 6.07) is 8.55. The number of esters is 1. The molecule has 0 radical (unpaired) electrons.